The first-order valence-corrected chi connectivity index (χ1v) is 6.84. The Balaban J connectivity index is 2.48. The van der Waals surface area contributed by atoms with Crippen LogP contribution < -0.4 is 5.32 Å². The van der Waals surface area contributed by atoms with Crippen LogP contribution in [-0.4, -0.2) is 53.5 Å². The van der Waals surface area contributed by atoms with Crippen molar-refractivity contribution in [3.05, 3.63) is 0 Å². The van der Waals surface area contributed by atoms with Crippen molar-refractivity contribution in [2.24, 2.45) is 0 Å². The number of nitrogens with one attached hydrogen (secondary N) is 1. The van der Waals surface area contributed by atoms with Crippen molar-refractivity contribution >= 4 is 0 Å². The van der Waals surface area contributed by atoms with Gasteiger partial charge >= 0.3 is 6.18 Å². The van der Waals surface area contributed by atoms with Gasteiger partial charge in [0.2, 0.25) is 0 Å². The third-order valence-electron chi connectivity index (χ3n) is 3.54. The van der Waals surface area contributed by atoms with Crippen LogP contribution in [0.3, 0.4) is 0 Å². The Labute approximate surface area is 113 Å². The molecule has 1 saturated carbocycles. The molecule has 1 rings (SSSR count). The molecule has 0 aliphatic heterocycles. The molecule has 1 aliphatic carbocycles. The molecule has 0 aromatic heterocycles. The minimum atomic E-state index is -4.18. The summed E-state index contributed by atoms with van der Waals surface area (Å²) in [5.41, 5.74) is -0.486. The summed E-state index contributed by atoms with van der Waals surface area (Å²) in [5.74, 6) is 0. The summed E-state index contributed by atoms with van der Waals surface area (Å²) in [7, 11) is 0. The Bertz CT molecular complexity index is 280. The molecule has 0 radical (unpaired) electrons. The largest absolute Gasteiger partial charge is 0.401 e. The zero-order chi connectivity index (χ0) is 14.7. The molecular formula is C13H25F3N2O. The molecule has 1 unspecified atom stereocenters. The predicted octanol–water partition coefficient (Wildman–Crippen LogP) is 2.15. The molecule has 1 atom stereocenters. The number of alkyl halides is 3. The van der Waals surface area contributed by atoms with Crippen molar-refractivity contribution in [2.45, 2.75) is 63.8 Å². The van der Waals surface area contributed by atoms with Crippen molar-refractivity contribution in [2.75, 3.05) is 19.7 Å². The Hall–Kier alpha value is -0.330. The molecule has 0 bridgehead atoms. The summed E-state index contributed by atoms with van der Waals surface area (Å²) < 4.78 is 37.4. The minimum Gasteiger partial charge on any atom is -0.394 e. The van der Waals surface area contributed by atoms with Crippen LogP contribution in [0.1, 0.15) is 40.0 Å². The van der Waals surface area contributed by atoms with E-state index in [1.165, 1.54) is 4.90 Å². The van der Waals surface area contributed by atoms with Gasteiger partial charge in [-0.2, -0.15) is 13.2 Å². The number of aliphatic hydroxyl groups is 1. The molecule has 0 amide bonds. The predicted molar refractivity (Wildman–Crippen MR) is 69.0 cm³/mol. The van der Waals surface area contributed by atoms with Crippen molar-refractivity contribution in [1.82, 2.24) is 10.2 Å². The first-order chi connectivity index (χ1) is 8.65. The zero-order valence-corrected chi connectivity index (χ0v) is 11.9. The SMILES string of the molecule is CC(C)N(CCC(C)(CO)NC1CC1)CC(F)(F)F. The Kier molecular flexibility index (Phi) is 5.65. The highest BCUT2D eigenvalue weighted by Gasteiger charge is 2.35. The fourth-order valence-electron chi connectivity index (χ4n) is 2.06. The highest BCUT2D eigenvalue weighted by Crippen LogP contribution is 2.25. The van der Waals surface area contributed by atoms with E-state index in [0.29, 0.717) is 19.0 Å². The van der Waals surface area contributed by atoms with Gasteiger partial charge in [-0.1, -0.05) is 0 Å². The quantitative estimate of drug-likeness (QED) is 0.716. The molecule has 6 heteroatoms. The van der Waals surface area contributed by atoms with Crippen LogP contribution in [0.5, 0.6) is 0 Å². The van der Waals surface area contributed by atoms with E-state index >= 15 is 0 Å². The maximum Gasteiger partial charge on any atom is 0.401 e. The van der Waals surface area contributed by atoms with E-state index in [2.05, 4.69) is 5.32 Å². The highest BCUT2D eigenvalue weighted by atomic mass is 19.4. The van der Waals surface area contributed by atoms with E-state index in [1.807, 2.05) is 6.92 Å². The van der Waals surface area contributed by atoms with E-state index in [1.54, 1.807) is 13.8 Å². The second kappa shape index (κ2) is 6.41. The van der Waals surface area contributed by atoms with Gasteiger partial charge in [-0.15, -0.1) is 0 Å². The molecule has 1 fully saturated rings. The Morgan fingerprint density at radius 3 is 2.26 bits per heavy atom. The van der Waals surface area contributed by atoms with Gasteiger partial charge in [-0.3, -0.25) is 4.90 Å². The van der Waals surface area contributed by atoms with Gasteiger partial charge < -0.3 is 10.4 Å². The molecule has 0 aromatic rings. The fraction of sp³-hybridized carbons (Fsp3) is 1.00. The van der Waals surface area contributed by atoms with Gasteiger partial charge in [0.05, 0.1) is 13.2 Å². The van der Waals surface area contributed by atoms with Gasteiger partial charge in [-0.25, -0.2) is 0 Å². The Morgan fingerprint density at radius 1 is 1.32 bits per heavy atom. The molecule has 1 aliphatic rings. The van der Waals surface area contributed by atoms with Gasteiger partial charge in [0.25, 0.3) is 0 Å². The Morgan fingerprint density at radius 2 is 1.89 bits per heavy atom. The molecule has 0 saturated heterocycles. The fourth-order valence-corrected chi connectivity index (χ4v) is 2.06. The molecule has 3 nitrogen and oxygen atoms in total. The molecular weight excluding hydrogens is 257 g/mol. The second-order valence-electron chi connectivity index (χ2n) is 6.07. The number of rotatable bonds is 8. The first-order valence-electron chi connectivity index (χ1n) is 6.84. The topological polar surface area (TPSA) is 35.5 Å². The average molecular weight is 282 g/mol. The van der Waals surface area contributed by atoms with Crippen molar-refractivity contribution < 1.29 is 18.3 Å². The summed E-state index contributed by atoms with van der Waals surface area (Å²) in [6.45, 7) is 4.77. The maximum atomic E-state index is 12.5. The lowest BCUT2D eigenvalue weighted by molar-refractivity contribution is -0.150. The number of halogens is 3. The van der Waals surface area contributed by atoms with Gasteiger partial charge in [0, 0.05) is 24.2 Å². The third kappa shape index (κ3) is 6.58. The van der Waals surface area contributed by atoms with Crippen LogP contribution in [0.15, 0.2) is 0 Å². The summed E-state index contributed by atoms with van der Waals surface area (Å²) in [6, 6.07) is 0.262. The lowest BCUT2D eigenvalue weighted by atomic mass is 9.98. The summed E-state index contributed by atoms with van der Waals surface area (Å²) in [5, 5.41) is 12.8. The average Bonchev–Trinajstić information content (AvgIpc) is 3.06. The molecule has 2 N–H and O–H groups in total. The van der Waals surface area contributed by atoms with E-state index < -0.39 is 18.3 Å². The van der Waals surface area contributed by atoms with E-state index in [-0.39, 0.29) is 12.6 Å². The van der Waals surface area contributed by atoms with Crippen molar-refractivity contribution in [3.8, 4) is 0 Å². The number of hydrogen-bond acceptors (Lipinski definition) is 3. The van der Waals surface area contributed by atoms with E-state index in [0.717, 1.165) is 12.8 Å². The molecule has 0 spiro atoms. The lowest BCUT2D eigenvalue weighted by Crippen LogP contribution is -2.50. The highest BCUT2D eigenvalue weighted by molar-refractivity contribution is 4.93. The lowest BCUT2D eigenvalue weighted by Gasteiger charge is -2.34. The number of aliphatic hydroxyl groups excluding tert-OH is 1. The maximum absolute atomic E-state index is 12.5. The van der Waals surface area contributed by atoms with Crippen molar-refractivity contribution in [3.63, 3.8) is 0 Å². The number of nitrogens with zero attached hydrogens (tertiary/aromatic N) is 1. The molecule has 114 valence electrons. The summed E-state index contributed by atoms with van der Waals surface area (Å²) in [6.07, 6.45) is -1.49. The first kappa shape index (κ1) is 16.7. The third-order valence-corrected chi connectivity index (χ3v) is 3.54. The van der Waals surface area contributed by atoms with Gasteiger partial charge in [-0.05, 0) is 40.0 Å². The van der Waals surface area contributed by atoms with Crippen LogP contribution in [0, 0.1) is 0 Å². The van der Waals surface area contributed by atoms with Crippen LogP contribution in [0.25, 0.3) is 0 Å². The van der Waals surface area contributed by atoms with Gasteiger partial charge in [0.15, 0.2) is 0 Å². The van der Waals surface area contributed by atoms with E-state index in [4.69, 9.17) is 0 Å². The zero-order valence-electron chi connectivity index (χ0n) is 11.9. The monoisotopic (exact) mass is 282 g/mol. The second-order valence-corrected chi connectivity index (χ2v) is 6.07. The van der Waals surface area contributed by atoms with Crippen LogP contribution in [-0.2, 0) is 0 Å². The smallest absolute Gasteiger partial charge is 0.394 e. The minimum absolute atomic E-state index is 0.0541. The molecule has 0 aromatic carbocycles. The van der Waals surface area contributed by atoms with Crippen LogP contribution >= 0.6 is 0 Å². The van der Waals surface area contributed by atoms with Crippen LogP contribution in [0.2, 0.25) is 0 Å². The molecule has 19 heavy (non-hydrogen) atoms. The van der Waals surface area contributed by atoms with Crippen LogP contribution in [0.4, 0.5) is 13.2 Å². The van der Waals surface area contributed by atoms with Gasteiger partial charge in [0.1, 0.15) is 0 Å². The van der Waals surface area contributed by atoms with Crippen molar-refractivity contribution in [1.29, 1.82) is 0 Å². The normalized spacial score (nSPS) is 20.1. The number of hydrogen-bond donors (Lipinski definition) is 2. The summed E-state index contributed by atoms with van der Waals surface area (Å²) >= 11 is 0. The molecule has 0 heterocycles. The van der Waals surface area contributed by atoms with E-state index in [9.17, 15) is 18.3 Å². The standard InChI is InChI=1S/C13H25F3N2O/c1-10(2)18(8-13(14,15)16)7-6-12(3,9-19)17-11-4-5-11/h10-11,17,19H,4-9H2,1-3H3. The summed E-state index contributed by atoms with van der Waals surface area (Å²) in [4.78, 5) is 1.41.